The Morgan fingerprint density at radius 1 is 0.902 bits per heavy atom. The second-order valence-corrected chi connectivity index (χ2v) is 11.6. The van der Waals surface area contributed by atoms with E-state index < -0.39 is 141 Å². The molecule has 24 heteroatoms. The number of azide groups is 1. The van der Waals surface area contributed by atoms with E-state index in [-0.39, 0.29) is 0 Å². The number of alkyl carbamates (subject to hydrolysis) is 2. The van der Waals surface area contributed by atoms with Gasteiger partial charge in [-0.25, -0.2) is 19.2 Å². The molecule has 0 aromatic rings. The monoisotopic (exact) mass is 735 g/mol. The summed E-state index contributed by atoms with van der Waals surface area (Å²) in [5.41, 5.74) is 8.76. The van der Waals surface area contributed by atoms with Crippen molar-refractivity contribution in [1.82, 2.24) is 10.6 Å². The number of nitrogens with zero attached hydrogens (tertiary/aromatic N) is 3. The van der Waals surface area contributed by atoms with Crippen LogP contribution >= 0.6 is 0 Å². The number of carbonyl (C=O) groups excluding carboxylic acids is 6. The van der Waals surface area contributed by atoms with Gasteiger partial charge in [0.05, 0.1) is 52.4 Å². The fourth-order valence-corrected chi connectivity index (χ4v) is 6.17. The molecule has 0 aromatic heterocycles. The van der Waals surface area contributed by atoms with E-state index in [0.29, 0.717) is 0 Å². The first-order valence-corrected chi connectivity index (χ1v) is 15.2. The second kappa shape index (κ2) is 16.2. The molecule has 4 aliphatic rings. The van der Waals surface area contributed by atoms with Crippen molar-refractivity contribution in [2.24, 2.45) is 5.11 Å². The minimum atomic E-state index is -2.59. The lowest BCUT2D eigenvalue weighted by Crippen LogP contribution is -2.67. The predicted octanol–water partition coefficient (Wildman–Crippen LogP) is -2.86. The fourth-order valence-electron chi connectivity index (χ4n) is 6.17. The second-order valence-electron chi connectivity index (χ2n) is 11.6. The molecule has 51 heavy (non-hydrogen) atoms. The topological polar surface area (TPSA) is 328 Å². The first kappa shape index (κ1) is 39.2. The van der Waals surface area contributed by atoms with Crippen molar-refractivity contribution >= 4 is 36.1 Å². The Kier molecular flexibility index (Phi) is 12.5. The highest BCUT2D eigenvalue weighted by Gasteiger charge is 2.63. The number of ether oxygens (including phenoxy) is 10. The zero-order valence-corrected chi connectivity index (χ0v) is 27.5. The molecular weight excluding hydrogens is 698 g/mol. The number of carbonyl (C=O) groups is 6. The van der Waals surface area contributed by atoms with Gasteiger partial charge in [0.15, 0.2) is 12.2 Å². The van der Waals surface area contributed by atoms with Crippen LogP contribution in [0.1, 0.15) is 26.7 Å². The molecule has 0 bridgehead atoms. The lowest BCUT2D eigenvalue weighted by Gasteiger charge is -2.47. The van der Waals surface area contributed by atoms with E-state index >= 15 is 0 Å². The molecule has 5 N–H and O–H groups in total. The summed E-state index contributed by atoms with van der Waals surface area (Å²) in [5, 5.41) is 38.5. The molecule has 0 saturated carbocycles. The molecular formula is C27H37N5O19. The summed E-state index contributed by atoms with van der Waals surface area (Å²) < 4.78 is 54.5. The number of hydrogen-bond donors (Lipinski definition) is 5. The van der Waals surface area contributed by atoms with Crippen LogP contribution in [-0.2, 0) is 66.5 Å². The Morgan fingerprint density at radius 2 is 1.41 bits per heavy atom. The molecule has 284 valence electrons. The molecule has 0 radical (unpaired) electrons. The fraction of sp³-hybridized carbons (Fsp3) is 0.778. The number of rotatable bonds is 15. The van der Waals surface area contributed by atoms with Crippen LogP contribution in [0.15, 0.2) is 5.11 Å². The van der Waals surface area contributed by atoms with E-state index in [1.165, 1.54) is 0 Å². The largest absolute Gasteiger partial charge is 0.465 e. The van der Waals surface area contributed by atoms with Crippen LogP contribution in [0.5, 0.6) is 0 Å². The number of aliphatic hydroxyl groups excluding tert-OH is 3. The third kappa shape index (κ3) is 8.34. The van der Waals surface area contributed by atoms with Crippen LogP contribution < -0.4 is 10.6 Å². The van der Waals surface area contributed by atoms with Gasteiger partial charge in [-0.3, -0.25) is 9.59 Å². The Morgan fingerprint density at radius 3 is 1.90 bits per heavy atom. The van der Waals surface area contributed by atoms with Gasteiger partial charge in [0.25, 0.3) is 11.6 Å². The summed E-state index contributed by atoms with van der Waals surface area (Å²) in [6, 6.07) is -2.39. The number of fused-ring (bicyclic) bond motifs is 2. The highest BCUT2D eigenvalue weighted by molar-refractivity contribution is 5.79. The number of esters is 4. The standard InChI is InChI=1S/C27H37N5O19/c1-10(34)46-15(8-44-26(22(38)42-3)5-13-16(30-24(40)48-13)20(50-26)18(37)12(36)7-33)19(47-11(2)35)21-17-14(49-25(41)31-17)6-27(51-21,23(39)43-4)45-9-29-32-28/h12-21,33,36-37H,5-9H2,1-4H3,(H,30,40)(H,31,41)/t12-,13?,14?,15-,16-,17-,18-,19-,20-,21-,26?,27?/m1/s1. The average Bonchev–Trinajstić information content (AvgIpc) is 3.66. The van der Waals surface area contributed by atoms with Crippen molar-refractivity contribution in [3.8, 4) is 0 Å². The summed E-state index contributed by atoms with van der Waals surface area (Å²) in [4.78, 5) is 78.5. The summed E-state index contributed by atoms with van der Waals surface area (Å²) in [5.74, 6) is -9.48. The van der Waals surface area contributed by atoms with Gasteiger partial charge >= 0.3 is 36.1 Å². The van der Waals surface area contributed by atoms with Crippen LogP contribution in [0.4, 0.5) is 9.59 Å². The van der Waals surface area contributed by atoms with Crippen molar-refractivity contribution < 1.29 is 91.5 Å². The van der Waals surface area contributed by atoms with E-state index in [1.54, 1.807) is 0 Å². The highest BCUT2D eigenvalue weighted by Crippen LogP contribution is 2.40. The third-order valence-corrected chi connectivity index (χ3v) is 8.31. The average molecular weight is 736 g/mol. The van der Waals surface area contributed by atoms with E-state index in [9.17, 15) is 44.1 Å². The van der Waals surface area contributed by atoms with Crippen LogP contribution in [0, 0.1) is 0 Å². The van der Waals surface area contributed by atoms with Crippen LogP contribution in [0.2, 0.25) is 0 Å². The van der Waals surface area contributed by atoms with Gasteiger partial charge in [0.2, 0.25) is 0 Å². The van der Waals surface area contributed by atoms with Gasteiger partial charge in [-0.1, -0.05) is 5.11 Å². The molecule has 24 nitrogen and oxygen atoms in total. The Labute approximate surface area is 287 Å². The Bertz CT molecular complexity index is 1410. The zero-order valence-electron chi connectivity index (χ0n) is 27.5. The maximum absolute atomic E-state index is 13.3. The number of aliphatic hydroxyl groups is 3. The molecule has 2 amide bonds. The minimum absolute atomic E-state index is 0.514. The summed E-state index contributed by atoms with van der Waals surface area (Å²) in [6.45, 7) is -0.747. The van der Waals surface area contributed by atoms with E-state index in [1.807, 2.05) is 0 Å². The number of amides is 2. The smallest absolute Gasteiger partial charge is 0.407 e. The first-order chi connectivity index (χ1) is 24.1. The highest BCUT2D eigenvalue weighted by atomic mass is 16.8. The maximum Gasteiger partial charge on any atom is 0.407 e. The van der Waals surface area contributed by atoms with Gasteiger partial charge < -0.3 is 73.3 Å². The van der Waals surface area contributed by atoms with E-state index in [0.717, 1.165) is 28.1 Å². The lowest BCUT2D eigenvalue weighted by atomic mass is 9.88. The molecule has 4 saturated heterocycles. The number of nitrogens with one attached hydrogen (secondary N) is 2. The minimum Gasteiger partial charge on any atom is -0.465 e. The van der Waals surface area contributed by atoms with Crippen molar-refractivity contribution in [3.05, 3.63) is 10.4 Å². The zero-order chi connectivity index (χ0) is 37.7. The molecule has 0 aromatic carbocycles. The predicted molar refractivity (Wildman–Crippen MR) is 154 cm³/mol. The van der Waals surface area contributed by atoms with Crippen molar-refractivity contribution in [1.29, 1.82) is 0 Å². The van der Waals surface area contributed by atoms with Crippen molar-refractivity contribution in [2.75, 3.05) is 34.2 Å². The van der Waals surface area contributed by atoms with Crippen molar-refractivity contribution in [2.45, 2.75) is 99.2 Å². The molecule has 0 aliphatic carbocycles. The van der Waals surface area contributed by atoms with Crippen molar-refractivity contribution in [3.63, 3.8) is 0 Å². The van der Waals surface area contributed by atoms with Crippen LogP contribution in [0.25, 0.3) is 10.4 Å². The lowest BCUT2D eigenvalue weighted by molar-refractivity contribution is -0.322. The third-order valence-electron chi connectivity index (χ3n) is 8.31. The van der Waals surface area contributed by atoms with Gasteiger partial charge in [0.1, 0.15) is 43.4 Å². The van der Waals surface area contributed by atoms with Gasteiger partial charge in [-0.15, -0.1) is 0 Å². The maximum atomic E-state index is 13.3. The molecule has 0 spiro atoms. The molecule has 4 fully saturated rings. The Balaban J connectivity index is 1.75. The molecule has 12 atom stereocenters. The summed E-state index contributed by atoms with van der Waals surface area (Å²) in [7, 11) is 1.92. The quantitative estimate of drug-likeness (QED) is 0.0371. The summed E-state index contributed by atoms with van der Waals surface area (Å²) in [6.07, 6.45) is -16.3. The normalized spacial score (nSPS) is 33.2. The molecule has 4 unspecified atom stereocenters. The first-order valence-electron chi connectivity index (χ1n) is 15.2. The van der Waals surface area contributed by atoms with E-state index in [2.05, 4.69) is 20.7 Å². The van der Waals surface area contributed by atoms with Gasteiger partial charge in [-0.2, -0.15) is 0 Å². The molecule has 4 rings (SSSR count). The molecule has 4 heterocycles. The summed E-state index contributed by atoms with van der Waals surface area (Å²) >= 11 is 0. The van der Waals surface area contributed by atoms with E-state index in [4.69, 9.17) is 52.9 Å². The van der Waals surface area contributed by atoms with Gasteiger partial charge in [-0.05, 0) is 5.53 Å². The van der Waals surface area contributed by atoms with Gasteiger partial charge in [0, 0.05) is 18.8 Å². The SMILES string of the molecule is COC(=O)C1(OC[C@@H](OC(C)=O)[C@@H](OC(C)=O)[C@@H]2OC(OCN=[N+]=[N-])(C(=O)OC)CC3OC(=O)N[C@H]32)CC2OC(=O)N[C@H]2[C@H]([C@H](O)[C@H](O)CO)O1. The number of hydrogen-bond acceptors (Lipinski definition) is 20. The number of methoxy groups -OCH3 is 2. The Hall–Kier alpha value is -4.55. The van der Waals surface area contributed by atoms with Crippen LogP contribution in [0.3, 0.4) is 0 Å². The molecule has 4 aliphatic heterocycles. The van der Waals surface area contributed by atoms with Crippen LogP contribution in [-0.4, -0.2) is 158 Å².